The molecule has 1 aliphatic carbocycles. The number of nitrogens with zero attached hydrogens (tertiary/aromatic N) is 1. The minimum Gasteiger partial charge on any atom is -0.393 e. The molecule has 4 heteroatoms. The van der Waals surface area contributed by atoms with Crippen LogP contribution in [0.15, 0.2) is 0 Å². The molecule has 0 aromatic carbocycles. The van der Waals surface area contributed by atoms with E-state index < -0.39 is 0 Å². The van der Waals surface area contributed by atoms with Crippen LogP contribution in [-0.4, -0.2) is 41.8 Å². The Hall–Kier alpha value is -0.770. The van der Waals surface area contributed by atoms with E-state index >= 15 is 0 Å². The summed E-state index contributed by atoms with van der Waals surface area (Å²) < 4.78 is 0. The molecule has 3 atom stereocenters. The van der Waals surface area contributed by atoms with Gasteiger partial charge in [-0.3, -0.25) is 0 Å². The van der Waals surface area contributed by atoms with E-state index in [0.29, 0.717) is 24.9 Å². The van der Waals surface area contributed by atoms with Gasteiger partial charge in [-0.1, -0.05) is 19.8 Å². The second-order valence-electron chi connectivity index (χ2n) is 5.21. The van der Waals surface area contributed by atoms with Gasteiger partial charge in [-0.15, -0.1) is 0 Å². The summed E-state index contributed by atoms with van der Waals surface area (Å²) in [5.74, 6) is 0.643. The molecule has 0 aromatic heterocycles. The normalized spacial score (nSPS) is 25.6. The van der Waals surface area contributed by atoms with Crippen molar-refractivity contribution in [1.29, 1.82) is 0 Å². The number of aliphatic hydroxyl groups excluding tert-OH is 1. The summed E-state index contributed by atoms with van der Waals surface area (Å²) in [5, 5.41) is 12.3. The van der Waals surface area contributed by atoms with Gasteiger partial charge in [0.15, 0.2) is 0 Å². The third-order valence-electron chi connectivity index (χ3n) is 3.72. The number of carbonyl (C=O) groups excluding carboxylic acids is 1. The maximum atomic E-state index is 11.9. The molecule has 0 bridgehead atoms. The molecule has 1 aliphatic rings. The highest BCUT2D eigenvalue weighted by Gasteiger charge is 2.27. The first-order chi connectivity index (χ1) is 8.04. The zero-order valence-corrected chi connectivity index (χ0v) is 11.3. The van der Waals surface area contributed by atoms with Crippen molar-refractivity contribution >= 4 is 6.03 Å². The van der Waals surface area contributed by atoms with E-state index in [1.807, 2.05) is 0 Å². The Morgan fingerprint density at radius 2 is 2.24 bits per heavy atom. The molecule has 1 rings (SSSR count). The van der Waals surface area contributed by atoms with E-state index in [1.165, 1.54) is 12.8 Å². The van der Waals surface area contributed by atoms with Crippen LogP contribution in [0.4, 0.5) is 4.79 Å². The van der Waals surface area contributed by atoms with Gasteiger partial charge in [-0.2, -0.15) is 0 Å². The zero-order valence-electron chi connectivity index (χ0n) is 11.3. The van der Waals surface area contributed by atoms with Crippen LogP contribution in [0.5, 0.6) is 0 Å². The van der Waals surface area contributed by atoms with Crippen LogP contribution in [0.1, 0.15) is 46.0 Å². The van der Waals surface area contributed by atoms with Crippen LogP contribution < -0.4 is 5.32 Å². The lowest BCUT2D eigenvalue weighted by atomic mass is 10.0. The fourth-order valence-corrected chi connectivity index (χ4v) is 2.47. The standard InChI is InChI=1S/C13H26N2O2/c1-4-11-6-5-7-12(11)14-13(17)15(3)9-8-10(2)16/h10-12,16H,4-9H2,1-3H3,(H,14,17)/t10-,11+,12+/m0/s1. The summed E-state index contributed by atoms with van der Waals surface area (Å²) in [6.07, 6.45) is 4.99. The minimum absolute atomic E-state index is 0.00370. The monoisotopic (exact) mass is 242 g/mol. The first-order valence-corrected chi connectivity index (χ1v) is 6.74. The summed E-state index contributed by atoms with van der Waals surface area (Å²) in [4.78, 5) is 13.6. The Morgan fingerprint density at radius 1 is 1.53 bits per heavy atom. The molecule has 0 saturated heterocycles. The Morgan fingerprint density at radius 3 is 2.82 bits per heavy atom. The average molecular weight is 242 g/mol. The number of aliphatic hydroxyl groups is 1. The van der Waals surface area contributed by atoms with E-state index in [9.17, 15) is 9.90 Å². The van der Waals surface area contributed by atoms with Gasteiger partial charge in [0.1, 0.15) is 0 Å². The fourth-order valence-electron chi connectivity index (χ4n) is 2.47. The second-order valence-corrected chi connectivity index (χ2v) is 5.21. The van der Waals surface area contributed by atoms with Crippen molar-refractivity contribution in [2.75, 3.05) is 13.6 Å². The fraction of sp³-hybridized carbons (Fsp3) is 0.923. The van der Waals surface area contributed by atoms with Crippen molar-refractivity contribution in [3.8, 4) is 0 Å². The molecular formula is C13H26N2O2. The summed E-state index contributed by atoms with van der Waals surface area (Å²) in [5.41, 5.74) is 0. The molecule has 0 radical (unpaired) electrons. The number of nitrogens with one attached hydrogen (secondary N) is 1. The first-order valence-electron chi connectivity index (χ1n) is 6.74. The molecular weight excluding hydrogens is 216 g/mol. The van der Waals surface area contributed by atoms with E-state index in [2.05, 4.69) is 12.2 Å². The van der Waals surface area contributed by atoms with Crippen molar-refractivity contribution in [1.82, 2.24) is 10.2 Å². The van der Waals surface area contributed by atoms with Crippen LogP contribution >= 0.6 is 0 Å². The third-order valence-corrected chi connectivity index (χ3v) is 3.72. The lowest BCUT2D eigenvalue weighted by Gasteiger charge is -2.24. The van der Waals surface area contributed by atoms with Gasteiger partial charge < -0.3 is 15.3 Å². The van der Waals surface area contributed by atoms with E-state index in [1.54, 1.807) is 18.9 Å². The summed E-state index contributed by atoms with van der Waals surface area (Å²) >= 11 is 0. The molecule has 0 aliphatic heterocycles. The Labute approximate surface area is 104 Å². The lowest BCUT2D eigenvalue weighted by molar-refractivity contribution is 0.161. The Balaban J connectivity index is 2.32. The number of rotatable bonds is 5. The first kappa shape index (κ1) is 14.3. The van der Waals surface area contributed by atoms with Crippen LogP contribution in [0.25, 0.3) is 0 Å². The number of hydrogen-bond donors (Lipinski definition) is 2. The smallest absolute Gasteiger partial charge is 0.317 e. The van der Waals surface area contributed by atoms with E-state index in [-0.39, 0.29) is 12.1 Å². The van der Waals surface area contributed by atoms with Gasteiger partial charge in [0.05, 0.1) is 6.10 Å². The minimum atomic E-state index is -0.347. The molecule has 2 N–H and O–H groups in total. The van der Waals surface area contributed by atoms with Crippen molar-refractivity contribution in [3.63, 3.8) is 0 Å². The van der Waals surface area contributed by atoms with Gasteiger partial charge in [0, 0.05) is 19.6 Å². The predicted octanol–water partition coefficient (Wildman–Crippen LogP) is 1.98. The van der Waals surface area contributed by atoms with Crippen molar-refractivity contribution in [2.24, 2.45) is 5.92 Å². The van der Waals surface area contributed by atoms with Crippen molar-refractivity contribution in [2.45, 2.75) is 58.1 Å². The molecule has 0 aromatic rings. The molecule has 100 valence electrons. The van der Waals surface area contributed by atoms with Crippen LogP contribution in [0.2, 0.25) is 0 Å². The third kappa shape index (κ3) is 4.54. The summed E-state index contributed by atoms with van der Waals surface area (Å²) in [6.45, 7) is 4.54. The highest BCUT2D eigenvalue weighted by atomic mass is 16.3. The van der Waals surface area contributed by atoms with Gasteiger partial charge in [0.2, 0.25) is 0 Å². The SMILES string of the molecule is CC[C@@H]1CCC[C@H]1NC(=O)N(C)CC[C@H](C)O. The topological polar surface area (TPSA) is 52.6 Å². The van der Waals surface area contributed by atoms with Gasteiger partial charge in [-0.05, 0) is 32.1 Å². The van der Waals surface area contributed by atoms with Crippen LogP contribution in [0.3, 0.4) is 0 Å². The predicted molar refractivity (Wildman–Crippen MR) is 68.9 cm³/mol. The van der Waals surface area contributed by atoms with E-state index in [0.717, 1.165) is 12.8 Å². The molecule has 1 fully saturated rings. The maximum absolute atomic E-state index is 11.9. The summed E-state index contributed by atoms with van der Waals surface area (Å²) in [7, 11) is 1.79. The number of carbonyl (C=O) groups is 1. The van der Waals surface area contributed by atoms with Crippen LogP contribution in [-0.2, 0) is 0 Å². The maximum Gasteiger partial charge on any atom is 0.317 e. The lowest BCUT2D eigenvalue weighted by Crippen LogP contribution is -2.45. The van der Waals surface area contributed by atoms with Crippen LogP contribution in [0, 0.1) is 5.92 Å². The van der Waals surface area contributed by atoms with Gasteiger partial charge in [0.25, 0.3) is 0 Å². The number of urea groups is 1. The molecule has 1 saturated carbocycles. The Kier molecular flexibility index (Phi) is 5.75. The average Bonchev–Trinajstić information content (AvgIpc) is 2.72. The number of hydrogen-bond acceptors (Lipinski definition) is 2. The molecule has 0 heterocycles. The zero-order chi connectivity index (χ0) is 12.8. The van der Waals surface area contributed by atoms with Crippen molar-refractivity contribution in [3.05, 3.63) is 0 Å². The van der Waals surface area contributed by atoms with Crippen molar-refractivity contribution < 1.29 is 9.90 Å². The Bertz CT molecular complexity index is 244. The van der Waals surface area contributed by atoms with E-state index in [4.69, 9.17) is 0 Å². The molecule has 0 unspecified atom stereocenters. The largest absolute Gasteiger partial charge is 0.393 e. The van der Waals surface area contributed by atoms with Gasteiger partial charge in [-0.25, -0.2) is 4.79 Å². The highest BCUT2D eigenvalue weighted by molar-refractivity contribution is 5.74. The highest BCUT2D eigenvalue weighted by Crippen LogP contribution is 2.28. The molecule has 2 amide bonds. The second kappa shape index (κ2) is 6.84. The molecule has 4 nitrogen and oxygen atoms in total. The quantitative estimate of drug-likeness (QED) is 0.774. The molecule has 0 spiro atoms. The van der Waals surface area contributed by atoms with Gasteiger partial charge >= 0.3 is 6.03 Å². The molecule has 17 heavy (non-hydrogen) atoms. The number of amides is 2. The summed E-state index contributed by atoms with van der Waals surface area (Å²) in [6, 6.07) is 0.345.